The highest BCUT2D eigenvalue weighted by Gasteiger charge is 2.18. The number of nitrogen functional groups attached to an aromatic ring is 1. The quantitative estimate of drug-likeness (QED) is 0.669. The molecule has 2 aromatic rings. The van der Waals surface area contributed by atoms with E-state index in [1.165, 1.54) is 11.3 Å². The van der Waals surface area contributed by atoms with Gasteiger partial charge in [0.15, 0.2) is 5.13 Å². The minimum atomic E-state index is -0.501. The van der Waals surface area contributed by atoms with Crippen LogP contribution in [0.4, 0.5) is 5.13 Å². The molecule has 0 aliphatic carbocycles. The molecule has 1 aromatic carbocycles. The average molecular weight is 343 g/mol. The maximum Gasteiger partial charge on any atom is 0.340 e. The summed E-state index contributed by atoms with van der Waals surface area (Å²) in [5.41, 5.74) is 6.86. The van der Waals surface area contributed by atoms with Crippen LogP contribution in [0, 0.1) is 0 Å². The van der Waals surface area contributed by atoms with Crippen LogP contribution >= 0.6 is 34.5 Å². The van der Waals surface area contributed by atoms with E-state index < -0.39 is 5.97 Å². The van der Waals surface area contributed by atoms with E-state index in [4.69, 9.17) is 33.7 Å². The van der Waals surface area contributed by atoms with Gasteiger partial charge >= 0.3 is 5.97 Å². The second-order valence-electron chi connectivity index (χ2n) is 3.98. The van der Waals surface area contributed by atoms with Crippen molar-refractivity contribution in [3.05, 3.63) is 44.9 Å². The van der Waals surface area contributed by atoms with Crippen molar-refractivity contribution in [3.8, 4) is 0 Å². The molecule has 110 valence electrons. The molecule has 2 N–H and O–H groups in total. The van der Waals surface area contributed by atoms with Crippen molar-refractivity contribution in [1.82, 2.24) is 4.98 Å². The van der Waals surface area contributed by atoms with E-state index in [0.29, 0.717) is 26.4 Å². The van der Waals surface area contributed by atoms with Gasteiger partial charge in [0.2, 0.25) is 0 Å². The van der Waals surface area contributed by atoms with Crippen LogP contribution < -0.4 is 5.73 Å². The number of nitrogens with zero attached hydrogens (tertiary/aromatic N) is 1. The van der Waals surface area contributed by atoms with Gasteiger partial charge in [0.25, 0.3) is 0 Å². The molecule has 4 nitrogen and oxygen atoms in total. The number of nitrogens with two attached hydrogens (primary N) is 1. The van der Waals surface area contributed by atoms with E-state index in [0.717, 1.165) is 0 Å². The number of carbonyl (C=O) groups excluding carboxylic acids is 1. The molecule has 21 heavy (non-hydrogen) atoms. The van der Waals surface area contributed by atoms with Crippen LogP contribution in [0.3, 0.4) is 0 Å². The third-order valence-electron chi connectivity index (χ3n) is 2.58. The van der Waals surface area contributed by atoms with Gasteiger partial charge in [0.05, 0.1) is 17.9 Å². The van der Waals surface area contributed by atoms with Crippen molar-refractivity contribution in [3.63, 3.8) is 0 Å². The maximum absolute atomic E-state index is 12.1. The molecule has 2 rings (SSSR count). The molecule has 0 unspecified atom stereocenters. The van der Waals surface area contributed by atoms with Crippen LogP contribution in [-0.4, -0.2) is 17.6 Å². The minimum Gasteiger partial charge on any atom is -0.462 e. The van der Waals surface area contributed by atoms with Crippen LogP contribution in [0.2, 0.25) is 10.0 Å². The summed E-state index contributed by atoms with van der Waals surface area (Å²) in [6, 6.07) is 5.11. The molecule has 1 aromatic heterocycles. The Morgan fingerprint density at radius 3 is 2.62 bits per heavy atom. The van der Waals surface area contributed by atoms with E-state index in [1.807, 2.05) is 0 Å². The lowest BCUT2D eigenvalue weighted by Crippen LogP contribution is -2.07. The number of hydrogen-bond donors (Lipinski definition) is 1. The Morgan fingerprint density at radius 2 is 2.10 bits per heavy atom. The zero-order chi connectivity index (χ0) is 15.4. The van der Waals surface area contributed by atoms with E-state index in [1.54, 1.807) is 36.6 Å². The van der Waals surface area contributed by atoms with Crippen molar-refractivity contribution >= 4 is 57.3 Å². The third kappa shape index (κ3) is 3.75. The number of aromatic nitrogens is 1. The number of benzene rings is 1. The van der Waals surface area contributed by atoms with E-state index in [9.17, 15) is 4.79 Å². The standard InChI is InChI=1S/C14H12Cl2N2O2S/c1-2-20-13(19)9(12-7-21-14(17)18-12)6-8-10(15)4-3-5-11(8)16/h3-7H,2H2,1H3,(H2,17,18)/b9-6-. The van der Waals surface area contributed by atoms with Crippen LogP contribution in [-0.2, 0) is 9.53 Å². The first-order valence-corrected chi connectivity index (χ1v) is 7.70. The molecule has 0 amide bonds. The molecule has 0 saturated heterocycles. The summed E-state index contributed by atoms with van der Waals surface area (Å²) in [6.07, 6.45) is 1.57. The highest BCUT2D eigenvalue weighted by atomic mass is 35.5. The van der Waals surface area contributed by atoms with Gasteiger partial charge < -0.3 is 10.5 Å². The predicted molar refractivity (Wildman–Crippen MR) is 87.5 cm³/mol. The smallest absolute Gasteiger partial charge is 0.340 e. The summed E-state index contributed by atoms with van der Waals surface area (Å²) in [4.78, 5) is 16.2. The second kappa shape index (κ2) is 6.93. The lowest BCUT2D eigenvalue weighted by molar-refractivity contribution is -0.136. The Hall–Kier alpha value is -1.56. The normalized spacial score (nSPS) is 11.5. The number of esters is 1. The van der Waals surface area contributed by atoms with Crippen molar-refractivity contribution in [2.75, 3.05) is 12.3 Å². The average Bonchev–Trinajstić information content (AvgIpc) is 2.85. The Kier molecular flexibility index (Phi) is 5.22. The molecule has 0 bridgehead atoms. The number of anilines is 1. The van der Waals surface area contributed by atoms with Crippen molar-refractivity contribution in [1.29, 1.82) is 0 Å². The number of hydrogen-bond acceptors (Lipinski definition) is 5. The van der Waals surface area contributed by atoms with Crippen molar-refractivity contribution in [2.24, 2.45) is 0 Å². The van der Waals surface area contributed by atoms with Crippen LogP contribution in [0.25, 0.3) is 11.6 Å². The molecule has 0 saturated carbocycles. The van der Waals surface area contributed by atoms with Gasteiger partial charge in [-0.3, -0.25) is 0 Å². The molecule has 0 spiro atoms. The molecule has 0 fully saturated rings. The molecule has 0 atom stereocenters. The van der Waals surface area contributed by atoms with Crippen LogP contribution in [0.5, 0.6) is 0 Å². The fraction of sp³-hybridized carbons (Fsp3) is 0.143. The maximum atomic E-state index is 12.1. The number of ether oxygens (including phenoxy) is 1. The van der Waals surface area contributed by atoms with Gasteiger partial charge in [-0.1, -0.05) is 29.3 Å². The Morgan fingerprint density at radius 1 is 1.43 bits per heavy atom. The summed E-state index contributed by atoms with van der Waals surface area (Å²) >= 11 is 13.5. The zero-order valence-electron chi connectivity index (χ0n) is 11.1. The number of thiazole rings is 1. The lowest BCUT2D eigenvalue weighted by atomic mass is 10.1. The van der Waals surface area contributed by atoms with Crippen molar-refractivity contribution < 1.29 is 9.53 Å². The Bertz CT molecular complexity index is 678. The molecular formula is C14H12Cl2N2O2S. The fourth-order valence-electron chi connectivity index (χ4n) is 1.65. The second-order valence-corrected chi connectivity index (χ2v) is 5.69. The molecule has 1 heterocycles. The largest absolute Gasteiger partial charge is 0.462 e. The Balaban J connectivity index is 2.54. The van der Waals surface area contributed by atoms with Gasteiger partial charge in [-0.15, -0.1) is 11.3 Å². The number of carbonyl (C=O) groups is 1. The SMILES string of the molecule is CCOC(=O)/C(=C\c1c(Cl)cccc1Cl)c1csc(N)n1. The van der Waals surface area contributed by atoms with Crippen LogP contribution in [0.15, 0.2) is 23.6 Å². The summed E-state index contributed by atoms with van der Waals surface area (Å²) in [6.45, 7) is 1.99. The number of rotatable bonds is 4. The van der Waals surface area contributed by atoms with Crippen molar-refractivity contribution in [2.45, 2.75) is 6.92 Å². The number of halogens is 2. The summed E-state index contributed by atoms with van der Waals surface area (Å²) in [5, 5.41) is 2.92. The zero-order valence-corrected chi connectivity index (χ0v) is 13.4. The first kappa shape index (κ1) is 15.8. The topological polar surface area (TPSA) is 65.2 Å². The third-order valence-corrected chi connectivity index (χ3v) is 3.91. The van der Waals surface area contributed by atoms with Gasteiger partial charge in [-0.2, -0.15) is 0 Å². The highest BCUT2D eigenvalue weighted by molar-refractivity contribution is 7.13. The minimum absolute atomic E-state index is 0.256. The summed E-state index contributed by atoms with van der Waals surface area (Å²) in [5.74, 6) is -0.501. The summed E-state index contributed by atoms with van der Waals surface area (Å²) < 4.78 is 5.05. The van der Waals surface area contributed by atoms with E-state index in [2.05, 4.69) is 4.98 Å². The lowest BCUT2D eigenvalue weighted by Gasteiger charge is -2.07. The molecular weight excluding hydrogens is 331 g/mol. The monoisotopic (exact) mass is 342 g/mol. The van der Waals surface area contributed by atoms with E-state index >= 15 is 0 Å². The van der Waals surface area contributed by atoms with Gasteiger partial charge in [0.1, 0.15) is 0 Å². The molecule has 0 radical (unpaired) electrons. The summed E-state index contributed by atoms with van der Waals surface area (Å²) in [7, 11) is 0. The van der Waals surface area contributed by atoms with Gasteiger partial charge in [-0.05, 0) is 25.1 Å². The Labute approximate surface area is 136 Å². The first-order valence-electron chi connectivity index (χ1n) is 6.07. The molecule has 0 aliphatic rings. The fourth-order valence-corrected chi connectivity index (χ4v) is 2.72. The van der Waals surface area contributed by atoms with Gasteiger partial charge in [0, 0.05) is 21.0 Å². The van der Waals surface area contributed by atoms with E-state index in [-0.39, 0.29) is 12.2 Å². The van der Waals surface area contributed by atoms with Crippen LogP contribution in [0.1, 0.15) is 18.2 Å². The van der Waals surface area contributed by atoms with Gasteiger partial charge in [-0.25, -0.2) is 9.78 Å². The molecule has 7 heteroatoms. The predicted octanol–water partition coefficient (Wildman–Crippen LogP) is 4.14. The molecule has 0 aliphatic heterocycles. The first-order chi connectivity index (χ1) is 10.0. The highest BCUT2D eigenvalue weighted by Crippen LogP contribution is 2.30.